The molecule has 2 N–H and O–H groups in total. The first-order valence-corrected chi connectivity index (χ1v) is 6.45. The van der Waals surface area contributed by atoms with Gasteiger partial charge in [-0.25, -0.2) is 0 Å². The van der Waals surface area contributed by atoms with Crippen molar-refractivity contribution in [2.45, 2.75) is 25.6 Å². The molecule has 1 fully saturated rings. The Hall–Kier alpha value is -2.28. The molecule has 0 radical (unpaired) electrons. The molecule has 104 valence electrons. The molecule has 7 nitrogen and oxygen atoms in total. The number of fused-ring (bicyclic) bond motifs is 1. The fourth-order valence-corrected chi connectivity index (χ4v) is 2.20. The lowest BCUT2D eigenvalue weighted by Crippen LogP contribution is -2.42. The second-order valence-corrected chi connectivity index (χ2v) is 4.93. The summed E-state index contributed by atoms with van der Waals surface area (Å²) in [6.45, 7) is 0.0458. The van der Waals surface area contributed by atoms with Gasteiger partial charge in [0.1, 0.15) is 11.6 Å². The maximum absolute atomic E-state index is 12.2. The van der Waals surface area contributed by atoms with Crippen molar-refractivity contribution >= 4 is 16.9 Å². The first-order chi connectivity index (χ1) is 9.66. The molecule has 1 saturated carbocycles. The van der Waals surface area contributed by atoms with E-state index in [1.54, 1.807) is 24.3 Å². The summed E-state index contributed by atoms with van der Waals surface area (Å²) < 4.78 is 1.15. The zero-order valence-electron chi connectivity index (χ0n) is 10.7. The minimum atomic E-state index is -0.894. The van der Waals surface area contributed by atoms with Crippen LogP contribution in [0.15, 0.2) is 29.1 Å². The summed E-state index contributed by atoms with van der Waals surface area (Å²) in [4.78, 5) is 23.3. The average Bonchev–Trinajstić information content (AvgIpc) is 3.26. The highest BCUT2D eigenvalue weighted by Crippen LogP contribution is 2.32. The number of aromatic nitrogens is 3. The molecule has 7 heteroatoms. The lowest BCUT2D eigenvalue weighted by molar-refractivity contribution is -0.140. The van der Waals surface area contributed by atoms with E-state index in [1.807, 2.05) is 0 Å². The van der Waals surface area contributed by atoms with Gasteiger partial charge in [0.15, 0.2) is 0 Å². The molecule has 1 heterocycles. The van der Waals surface area contributed by atoms with Crippen LogP contribution >= 0.6 is 0 Å². The zero-order chi connectivity index (χ0) is 14.1. The van der Waals surface area contributed by atoms with Gasteiger partial charge in [-0.3, -0.25) is 14.9 Å². The summed E-state index contributed by atoms with van der Waals surface area (Å²) in [5.74, 6) is -0.745. The predicted octanol–water partition coefficient (Wildman–Crippen LogP) is 0.202. The Morgan fingerprint density at radius 2 is 2.20 bits per heavy atom. The van der Waals surface area contributed by atoms with Crippen LogP contribution in [0.1, 0.15) is 12.8 Å². The SMILES string of the molecule is O=C(O)C(NCn1nnc2ccccc2c1=O)C1CC1. The van der Waals surface area contributed by atoms with Gasteiger partial charge >= 0.3 is 5.97 Å². The van der Waals surface area contributed by atoms with Crippen LogP contribution in [0.25, 0.3) is 10.9 Å². The van der Waals surface area contributed by atoms with Crippen molar-refractivity contribution in [1.29, 1.82) is 0 Å². The van der Waals surface area contributed by atoms with E-state index in [1.165, 1.54) is 0 Å². The highest BCUT2D eigenvalue weighted by atomic mass is 16.4. The van der Waals surface area contributed by atoms with E-state index >= 15 is 0 Å². The van der Waals surface area contributed by atoms with Gasteiger partial charge in [-0.05, 0) is 30.9 Å². The number of rotatable bonds is 5. The summed E-state index contributed by atoms with van der Waals surface area (Å²) in [6, 6.07) is 6.31. The number of carbonyl (C=O) groups is 1. The van der Waals surface area contributed by atoms with Gasteiger partial charge < -0.3 is 5.11 Å². The molecule has 0 spiro atoms. The average molecular weight is 274 g/mol. The molecule has 1 aliphatic carbocycles. The molecular formula is C13H14N4O3. The van der Waals surface area contributed by atoms with Crippen molar-refractivity contribution in [1.82, 2.24) is 20.3 Å². The van der Waals surface area contributed by atoms with Crippen molar-refractivity contribution < 1.29 is 9.90 Å². The lowest BCUT2D eigenvalue weighted by Gasteiger charge is -2.13. The van der Waals surface area contributed by atoms with E-state index in [9.17, 15) is 9.59 Å². The molecule has 3 rings (SSSR count). The topological polar surface area (TPSA) is 97.1 Å². The number of carboxylic acids is 1. The standard InChI is InChI=1S/C13H14N4O3/c18-12-9-3-1-2-4-10(9)15-16-17(12)7-14-11(13(19)20)8-5-6-8/h1-4,8,11,14H,5-7H2,(H,19,20). The fraction of sp³-hybridized carbons (Fsp3) is 0.385. The third kappa shape index (κ3) is 2.39. The Morgan fingerprint density at radius 3 is 2.90 bits per heavy atom. The van der Waals surface area contributed by atoms with Gasteiger partial charge in [0.25, 0.3) is 5.56 Å². The molecule has 1 atom stereocenters. The van der Waals surface area contributed by atoms with Crippen LogP contribution in [0, 0.1) is 5.92 Å². The molecule has 0 aliphatic heterocycles. The molecule has 0 saturated heterocycles. The second-order valence-electron chi connectivity index (χ2n) is 4.93. The van der Waals surface area contributed by atoms with E-state index in [-0.39, 0.29) is 18.1 Å². The van der Waals surface area contributed by atoms with Crippen LogP contribution in [0.3, 0.4) is 0 Å². The summed E-state index contributed by atoms with van der Waals surface area (Å²) in [5, 5.41) is 20.2. The van der Waals surface area contributed by atoms with Gasteiger partial charge in [0.2, 0.25) is 0 Å². The Bertz CT molecular complexity index is 708. The van der Waals surface area contributed by atoms with E-state index in [4.69, 9.17) is 5.11 Å². The van der Waals surface area contributed by atoms with E-state index in [0.717, 1.165) is 17.5 Å². The fourth-order valence-electron chi connectivity index (χ4n) is 2.20. The highest BCUT2D eigenvalue weighted by Gasteiger charge is 2.35. The van der Waals surface area contributed by atoms with Crippen molar-refractivity contribution in [2.24, 2.45) is 5.92 Å². The Morgan fingerprint density at radius 1 is 1.45 bits per heavy atom. The molecule has 20 heavy (non-hydrogen) atoms. The third-order valence-electron chi connectivity index (χ3n) is 3.45. The number of benzene rings is 1. The molecular weight excluding hydrogens is 260 g/mol. The molecule has 1 aromatic heterocycles. The maximum Gasteiger partial charge on any atom is 0.321 e. The quantitative estimate of drug-likeness (QED) is 0.808. The molecule has 0 bridgehead atoms. The molecule has 1 unspecified atom stereocenters. The van der Waals surface area contributed by atoms with E-state index in [2.05, 4.69) is 15.6 Å². The number of carboxylic acid groups (broad SMARTS) is 1. The Balaban J connectivity index is 1.82. The smallest absolute Gasteiger partial charge is 0.321 e. The van der Waals surface area contributed by atoms with Gasteiger partial charge in [0, 0.05) is 0 Å². The monoisotopic (exact) mass is 274 g/mol. The van der Waals surface area contributed by atoms with Crippen LogP contribution in [0.2, 0.25) is 0 Å². The number of hydrogen-bond acceptors (Lipinski definition) is 5. The number of hydrogen-bond donors (Lipinski definition) is 2. The summed E-state index contributed by atoms with van der Waals surface area (Å²) in [7, 11) is 0. The van der Waals surface area contributed by atoms with Crippen LogP contribution in [-0.4, -0.2) is 32.1 Å². The molecule has 2 aromatic rings. The van der Waals surface area contributed by atoms with Crippen molar-refractivity contribution in [3.8, 4) is 0 Å². The summed E-state index contributed by atoms with van der Waals surface area (Å²) >= 11 is 0. The zero-order valence-corrected chi connectivity index (χ0v) is 10.7. The highest BCUT2D eigenvalue weighted by molar-refractivity contribution is 5.76. The maximum atomic E-state index is 12.2. The minimum Gasteiger partial charge on any atom is -0.480 e. The Labute approximate surface area is 114 Å². The van der Waals surface area contributed by atoms with Gasteiger partial charge in [0.05, 0.1) is 12.1 Å². The number of nitrogens with zero attached hydrogens (tertiary/aromatic N) is 3. The summed E-state index contributed by atoms with van der Waals surface area (Å²) in [5.41, 5.74) is 0.258. The minimum absolute atomic E-state index is 0.0458. The van der Waals surface area contributed by atoms with Crippen LogP contribution in [-0.2, 0) is 11.5 Å². The second kappa shape index (κ2) is 5.01. The van der Waals surface area contributed by atoms with Crippen molar-refractivity contribution in [3.63, 3.8) is 0 Å². The van der Waals surface area contributed by atoms with Gasteiger partial charge in [-0.15, -0.1) is 5.10 Å². The largest absolute Gasteiger partial charge is 0.480 e. The van der Waals surface area contributed by atoms with Crippen LogP contribution < -0.4 is 10.9 Å². The van der Waals surface area contributed by atoms with Crippen molar-refractivity contribution in [2.75, 3.05) is 0 Å². The number of aliphatic carboxylic acids is 1. The Kier molecular flexibility index (Phi) is 3.19. The van der Waals surface area contributed by atoms with Gasteiger partial charge in [-0.2, -0.15) is 4.68 Å². The third-order valence-corrected chi connectivity index (χ3v) is 3.45. The van der Waals surface area contributed by atoms with Crippen LogP contribution in [0.4, 0.5) is 0 Å². The molecule has 1 aromatic carbocycles. The summed E-state index contributed by atoms with van der Waals surface area (Å²) in [6.07, 6.45) is 1.81. The first-order valence-electron chi connectivity index (χ1n) is 6.45. The first kappa shape index (κ1) is 12.7. The van der Waals surface area contributed by atoms with E-state index in [0.29, 0.717) is 10.9 Å². The van der Waals surface area contributed by atoms with Crippen LogP contribution in [0.5, 0.6) is 0 Å². The van der Waals surface area contributed by atoms with E-state index < -0.39 is 12.0 Å². The number of nitrogens with one attached hydrogen (secondary N) is 1. The van der Waals surface area contributed by atoms with Crippen molar-refractivity contribution in [3.05, 3.63) is 34.6 Å². The predicted molar refractivity (Wildman–Crippen MR) is 71.1 cm³/mol. The van der Waals surface area contributed by atoms with Gasteiger partial charge in [-0.1, -0.05) is 17.3 Å². The molecule has 1 aliphatic rings. The normalized spacial score (nSPS) is 16.2. The molecule has 0 amide bonds. The lowest BCUT2D eigenvalue weighted by atomic mass is 10.2.